The summed E-state index contributed by atoms with van der Waals surface area (Å²) in [6, 6.07) is 9.25. The predicted octanol–water partition coefficient (Wildman–Crippen LogP) is 3.55. The molecular formula is C15H21NO2. The Kier molecular flexibility index (Phi) is 4.24. The van der Waals surface area contributed by atoms with E-state index in [1.807, 2.05) is 23.1 Å². The van der Waals surface area contributed by atoms with Crippen LogP contribution in [-0.4, -0.2) is 24.1 Å². The Morgan fingerprint density at radius 2 is 1.83 bits per heavy atom. The molecule has 0 saturated carbocycles. The van der Waals surface area contributed by atoms with Gasteiger partial charge in [-0.1, -0.05) is 32.0 Å². The van der Waals surface area contributed by atoms with Crippen LogP contribution in [0.1, 0.15) is 26.7 Å². The zero-order valence-corrected chi connectivity index (χ0v) is 11.1. The Hall–Kier alpha value is -1.51. The number of rotatable bonds is 2. The van der Waals surface area contributed by atoms with Gasteiger partial charge in [-0.25, -0.2) is 4.79 Å². The number of hydrogen-bond donors (Lipinski definition) is 0. The molecule has 0 unspecified atom stereocenters. The average Bonchev–Trinajstić information content (AvgIpc) is 2.40. The first kappa shape index (κ1) is 12.9. The van der Waals surface area contributed by atoms with E-state index >= 15 is 0 Å². The van der Waals surface area contributed by atoms with Gasteiger partial charge in [-0.15, -0.1) is 0 Å². The number of carbonyl (C=O) groups is 1. The van der Waals surface area contributed by atoms with Crippen LogP contribution < -0.4 is 4.74 Å². The van der Waals surface area contributed by atoms with Crippen LogP contribution in [0, 0.1) is 11.8 Å². The number of carbonyl (C=O) groups excluding carboxylic acids is 1. The number of piperidine rings is 1. The van der Waals surface area contributed by atoms with E-state index in [0.717, 1.165) is 31.8 Å². The van der Waals surface area contributed by atoms with Crippen molar-refractivity contribution in [1.29, 1.82) is 0 Å². The number of hydrogen-bond acceptors (Lipinski definition) is 2. The maximum atomic E-state index is 11.9. The number of nitrogens with zero attached hydrogens (tertiary/aromatic N) is 1. The van der Waals surface area contributed by atoms with Crippen LogP contribution in [0.2, 0.25) is 0 Å². The third kappa shape index (κ3) is 3.25. The summed E-state index contributed by atoms with van der Waals surface area (Å²) < 4.78 is 5.34. The Bertz CT molecular complexity index is 381. The van der Waals surface area contributed by atoms with E-state index in [0.29, 0.717) is 11.7 Å². The van der Waals surface area contributed by atoms with Crippen LogP contribution in [0.5, 0.6) is 5.75 Å². The second-order valence-corrected chi connectivity index (χ2v) is 5.25. The molecule has 1 saturated heterocycles. The van der Waals surface area contributed by atoms with Gasteiger partial charge in [-0.05, 0) is 36.8 Å². The molecule has 0 spiro atoms. The highest BCUT2D eigenvalue weighted by molar-refractivity contribution is 5.70. The van der Waals surface area contributed by atoms with Gasteiger partial charge in [-0.2, -0.15) is 0 Å². The molecule has 2 rings (SSSR count). The summed E-state index contributed by atoms with van der Waals surface area (Å²) in [5, 5.41) is 0. The lowest BCUT2D eigenvalue weighted by atomic mass is 9.87. The lowest BCUT2D eigenvalue weighted by molar-refractivity contribution is 0.122. The zero-order valence-electron chi connectivity index (χ0n) is 11.1. The molecule has 18 heavy (non-hydrogen) atoms. The Labute approximate surface area is 109 Å². The van der Waals surface area contributed by atoms with Gasteiger partial charge < -0.3 is 9.64 Å². The fourth-order valence-corrected chi connectivity index (χ4v) is 2.40. The van der Waals surface area contributed by atoms with Crippen LogP contribution in [0.3, 0.4) is 0 Å². The Balaban J connectivity index is 1.85. The number of ether oxygens (including phenoxy) is 1. The highest BCUT2D eigenvalue weighted by atomic mass is 16.6. The zero-order chi connectivity index (χ0) is 13.0. The molecule has 1 aliphatic rings. The van der Waals surface area contributed by atoms with Crippen molar-refractivity contribution >= 4 is 6.09 Å². The largest absolute Gasteiger partial charge is 0.415 e. The quantitative estimate of drug-likeness (QED) is 0.799. The van der Waals surface area contributed by atoms with Crippen molar-refractivity contribution in [1.82, 2.24) is 4.90 Å². The van der Waals surface area contributed by atoms with E-state index < -0.39 is 0 Å². The highest BCUT2D eigenvalue weighted by Gasteiger charge is 2.25. The highest BCUT2D eigenvalue weighted by Crippen LogP contribution is 2.25. The molecular weight excluding hydrogens is 226 g/mol. The SMILES string of the molecule is CC(C)C1CCN(C(=O)Oc2ccccc2)CC1. The molecule has 1 amide bonds. The molecule has 1 heterocycles. The maximum absolute atomic E-state index is 11.9. The van der Waals surface area contributed by atoms with Crippen molar-refractivity contribution in [2.45, 2.75) is 26.7 Å². The van der Waals surface area contributed by atoms with Gasteiger partial charge in [0.2, 0.25) is 0 Å². The van der Waals surface area contributed by atoms with Gasteiger partial charge in [0.15, 0.2) is 0 Å². The van der Waals surface area contributed by atoms with Crippen LogP contribution in [0.25, 0.3) is 0 Å². The van der Waals surface area contributed by atoms with E-state index in [1.165, 1.54) is 0 Å². The summed E-state index contributed by atoms with van der Waals surface area (Å²) in [4.78, 5) is 13.8. The number of likely N-dealkylation sites (tertiary alicyclic amines) is 1. The normalized spacial score (nSPS) is 16.9. The molecule has 0 aliphatic carbocycles. The molecule has 0 radical (unpaired) electrons. The minimum absolute atomic E-state index is 0.219. The lowest BCUT2D eigenvalue weighted by Crippen LogP contribution is -2.41. The molecule has 1 aliphatic heterocycles. The third-order valence-electron chi connectivity index (χ3n) is 3.69. The minimum Gasteiger partial charge on any atom is -0.410 e. The summed E-state index contributed by atoms with van der Waals surface area (Å²) in [7, 11) is 0. The van der Waals surface area contributed by atoms with Crippen molar-refractivity contribution in [3.8, 4) is 5.75 Å². The molecule has 0 atom stereocenters. The number of benzene rings is 1. The van der Waals surface area contributed by atoms with Crippen molar-refractivity contribution in [2.24, 2.45) is 11.8 Å². The number of amides is 1. The van der Waals surface area contributed by atoms with E-state index in [-0.39, 0.29) is 6.09 Å². The van der Waals surface area contributed by atoms with Gasteiger partial charge in [-0.3, -0.25) is 0 Å². The summed E-state index contributed by atoms with van der Waals surface area (Å²) in [6.45, 7) is 6.13. The summed E-state index contributed by atoms with van der Waals surface area (Å²) >= 11 is 0. The van der Waals surface area contributed by atoms with Crippen molar-refractivity contribution in [2.75, 3.05) is 13.1 Å². The van der Waals surface area contributed by atoms with E-state index in [9.17, 15) is 4.79 Å². The molecule has 3 heteroatoms. The topological polar surface area (TPSA) is 29.5 Å². The second-order valence-electron chi connectivity index (χ2n) is 5.25. The fraction of sp³-hybridized carbons (Fsp3) is 0.533. The monoisotopic (exact) mass is 247 g/mol. The van der Waals surface area contributed by atoms with Crippen molar-refractivity contribution in [3.63, 3.8) is 0 Å². The van der Waals surface area contributed by atoms with E-state index in [1.54, 1.807) is 12.1 Å². The average molecular weight is 247 g/mol. The molecule has 0 N–H and O–H groups in total. The van der Waals surface area contributed by atoms with Crippen LogP contribution >= 0.6 is 0 Å². The second kappa shape index (κ2) is 5.89. The Morgan fingerprint density at radius 1 is 1.22 bits per heavy atom. The van der Waals surface area contributed by atoms with E-state index in [4.69, 9.17) is 4.74 Å². The number of para-hydroxylation sites is 1. The van der Waals surface area contributed by atoms with Gasteiger partial charge in [0.05, 0.1) is 0 Å². The summed E-state index contributed by atoms with van der Waals surface area (Å²) in [6.07, 6.45) is 1.95. The Morgan fingerprint density at radius 3 is 2.39 bits per heavy atom. The molecule has 0 aromatic heterocycles. The fourth-order valence-electron chi connectivity index (χ4n) is 2.40. The summed E-state index contributed by atoms with van der Waals surface area (Å²) in [5.41, 5.74) is 0. The van der Waals surface area contributed by atoms with E-state index in [2.05, 4.69) is 13.8 Å². The van der Waals surface area contributed by atoms with Gasteiger partial charge in [0, 0.05) is 13.1 Å². The standard InChI is InChI=1S/C15H21NO2/c1-12(2)13-8-10-16(11-9-13)15(17)18-14-6-4-3-5-7-14/h3-7,12-13H,8-11H2,1-2H3. The third-order valence-corrected chi connectivity index (χ3v) is 3.69. The van der Waals surface area contributed by atoms with Crippen LogP contribution in [0.15, 0.2) is 30.3 Å². The first-order chi connectivity index (χ1) is 8.66. The first-order valence-electron chi connectivity index (χ1n) is 6.68. The molecule has 1 fully saturated rings. The summed E-state index contributed by atoms with van der Waals surface area (Å²) in [5.74, 6) is 2.07. The van der Waals surface area contributed by atoms with Crippen molar-refractivity contribution < 1.29 is 9.53 Å². The van der Waals surface area contributed by atoms with Gasteiger partial charge in [0.1, 0.15) is 5.75 Å². The van der Waals surface area contributed by atoms with Crippen LogP contribution in [0.4, 0.5) is 4.79 Å². The minimum atomic E-state index is -0.219. The van der Waals surface area contributed by atoms with Crippen molar-refractivity contribution in [3.05, 3.63) is 30.3 Å². The lowest BCUT2D eigenvalue weighted by Gasteiger charge is -2.33. The predicted molar refractivity (Wildman–Crippen MR) is 71.6 cm³/mol. The smallest absolute Gasteiger partial charge is 0.410 e. The van der Waals surface area contributed by atoms with Gasteiger partial charge in [0.25, 0.3) is 0 Å². The first-order valence-corrected chi connectivity index (χ1v) is 6.68. The van der Waals surface area contributed by atoms with Crippen LogP contribution in [-0.2, 0) is 0 Å². The van der Waals surface area contributed by atoms with Gasteiger partial charge >= 0.3 is 6.09 Å². The molecule has 1 aromatic rings. The molecule has 98 valence electrons. The maximum Gasteiger partial charge on any atom is 0.415 e. The molecule has 1 aromatic carbocycles. The molecule has 3 nitrogen and oxygen atoms in total. The molecule has 0 bridgehead atoms.